The van der Waals surface area contributed by atoms with Crippen molar-refractivity contribution in [3.63, 3.8) is 0 Å². The van der Waals surface area contributed by atoms with Gasteiger partial charge >= 0.3 is 0 Å². The Bertz CT molecular complexity index is 250. The van der Waals surface area contributed by atoms with Crippen LogP contribution in [0.5, 0.6) is 0 Å². The molecule has 2 aliphatic carbocycles. The molecule has 0 aromatic carbocycles. The smallest absolute Gasteiger partial charge is 0.00517 e. The van der Waals surface area contributed by atoms with Crippen LogP contribution >= 0.6 is 0 Å². The van der Waals surface area contributed by atoms with Crippen molar-refractivity contribution >= 4 is 0 Å². The molecule has 1 N–H and O–H groups in total. The van der Waals surface area contributed by atoms with Gasteiger partial charge in [-0.2, -0.15) is 0 Å². The lowest BCUT2D eigenvalue weighted by Gasteiger charge is -2.16. The van der Waals surface area contributed by atoms with Crippen molar-refractivity contribution in [1.29, 1.82) is 0 Å². The van der Waals surface area contributed by atoms with Gasteiger partial charge in [-0.1, -0.05) is 23.3 Å². The van der Waals surface area contributed by atoms with Gasteiger partial charge in [0.15, 0.2) is 0 Å². The average molecular weight is 191 g/mol. The molecule has 0 fully saturated rings. The Labute approximate surface area is 87.3 Å². The van der Waals surface area contributed by atoms with Crippen LogP contribution in [0, 0.1) is 5.92 Å². The van der Waals surface area contributed by atoms with Gasteiger partial charge in [-0.05, 0) is 58.0 Å². The van der Waals surface area contributed by atoms with Crippen LogP contribution in [-0.4, -0.2) is 13.6 Å². The van der Waals surface area contributed by atoms with Crippen LogP contribution in [-0.2, 0) is 0 Å². The molecule has 0 aliphatic heterocycles. The average Bonchev–Trinajstić information content (AvgIpc) is 2.63. The van der Waals surface area contributed by atoms with Gasteiger partial charge in [-0.15, -0.1) is 0 Å². The molecule has 0 saturated heterocycles. The SMILES string of the molecule is CNCCCC1CCC2=C1CC=CC2. The molecule has 0 radical (unpaired) electrons. The van der Waals surface area contributed by atoms with E-state index in [1.165, 1.54) is 45.1 Å². The number of hydrogen-bond donors (Lipinski definition) is 1. The molecule has 2 aliphatic rings. The predicted molar refractivity (Wildman–Crippen MR) is 61.3 cm³/mol. The van der Waals surface area contributed by atoms with Gasteiger partial charge in [0.25, 0.3) is 0 Å². The minimum atomic E-state index is 0.920. The zero-order valence-corrected chi connectivity index (χ0v) is 9.18. The van der Waals surface area contributed by atoms with E-state index in [1.807, 2.05) is 7.05 Å². The van der Waals surface area contributed by atoms with Gasteiger partial charge in [-0.3, -0.25) is 0 Å². The number of allylic oxidation sites excluding steroid dienone is 4. The summed E-state index contributed by atoms with van der Waals surface area (Å²) in [5.74, 6) is 0.920. The van der Waals surface area contributed by atoms with Crippen molar-refractivity contribution in [2.45, 2.75) is 38.5 Å². The van der Waals surface area contributed by atoms with Crippen LogP contribution in [0.1, 0.15) is 38.5 Å². The van der Waals surface area contributed by atoms with E-state index in [0.717, 1.165) is 5.92 Å². The van der Waals surface area contributed by atoms with Crippen LogP contribution < -0.4 is 5.32 Å². The first kappa shape index (κ1) is 9.97. The maximum atomic E-state index is 3.23. The van der Waals surface area contributed by atoms with E-state index < -0.39 is 0 Å². The van der Waals surface area contributed by atoms with Gasteiger partial charge < -0.3 is 5.32 Å². The molecule has 1 heteroatoms. The molecule has 0 spiro atoms. The van der Waals surface area contributed by atoms with Gasteiger partial charge in [-0.25, -0.2) is 0 Å². The monoisotopic (exact) mass is 191 g/mol. The van der Waals surface area contributed by atoms with E-state index in [1.54, 1.807) is 11.1 Å². The van der Waals surface area contributed by atoms with Crippen LogP contribution in [0.15, 0.2) is 23.3 Å². The molecule has 0 saturated carbocycles. The van der Waals surface area contributed by atoms with E-state index >= 15 is 0 Å². The van der Waals surface area contributed by atoms with Gasteiger partial charge in [0.2, 0.25) is 0 Å². The fourth-order valence-electron chi connectivity index (χ4n) is 2.80. The summed E-state index contributed by atoms with van der Waals surface area (Å²) < 4.78 is 0. The maximum absolute atomic E-state index is 3.23. The highest BCUT2D eigenvalue weighted by atomic mass is 14.8. The van der Waals surface area contributed by atoms with Crippen molar-refractivity contribution in [1.82, 2.24) is 5.32 Å². The largest absolute Gasteiger partial charge is 0.320 e. The van der Waals surface area contributed by atoms with Crippen molar-refractivity contribution in [3.05, 3.63) is 23.3 Å². The molecule has 2 rings (SSSR count). The Hall–Kier alpha value is -0.560. The lowest BCUT2D eigenvalue weighted by molar-refractivity contribution is 0.515. The third-order valence-corrected chi connectivity index (χ3v) is 3.59. The summed E-state index contributed by atoms with van der Waals surface area (Å²) in [4.78, 5) is 0. The Kier molecular flexibility index (Phi) is 3.41. The molecule has 0 bridgehead atoms. The van der Waals surface area contributed by atoms with Crippen molar-refractivity contribution in [2.24, 2.45) is 5.92 Å². The molecular weight excluding hydrogens is 170 g/mol. The van der Waals surface area contributed by atoms with E-state index in [2.05, 4.69) is 17.5 Å². The zero-order chi connectivity index (χ0) is 9.80. The highest BCUT2D eigenvalue weighted by Crippen LogP contribution is 2.40. The molecule has 0 aromatic rings. The summed E-state index contributed by atoms with van der Waals surface area (Å²) in [5, 5.41) is 3.23. The molecule has 1 atom stereocenters. The second-order valence-corrected chi connectivity index (χ2v) is 4.49. The molecule has 78 valence electrons. The highest BCUT2D eigenvalue weighted by Gasteiger charge is 2.24. The lowest BCUT2D eigenvalue weighted by Crippen LogP contribution is -2.10. The summed E-state index contributed by atoms with van der Waals surface area (Å²) in [6, 6.07) is 0. The van der Waals surface area contributed by atoms with E-state index in [4.69, 9.17) is 0 Å². The summed E-state index contributed by atoms with van der Waals surface area (Å²) >= 11 is 0. The second kappa shape index (κ2) is 4.79. The summed E-state index contributed by atoms with van der Waals surface area (Å²) in [6.07, 6.45) is 12.7. The first-order valence-electron chi connectivity index (χ1n) is 5.92. The third-order valence-electron chi connectivity index (χ3n) is 3.59. The molecule has 1 unspecified atom stereocenters. The Morgan fingerprint density at radius 1 is 1.36 bits per heavy atom. The molecule has 14 heavy (non-hydrogen) atoms. The van der Waals surface area contributed by atoms with Gasteiger partial charge in [0.05, 0.1) is 0 Å². The quantitative estimate of drug-likeness (QED) is 0.532. The first-order valence-corrected chi connectivity index (χ1v) is 5.92. The normalized spacial score (nSPS) is 25.6. The minimum absolute atomic E-state index is 0.920. The van der Waals surface area contributed by atoms with Gasteiger partial charge in [0, 0.05) is 0 Å². The van der Waals surface area contributed by atoms with E-state index in [-0.39, 0.29) is 0 Å². The molecule has 1 nitrogen and oxygen atoms in total. The first-order chi connectivity index (χ1) is 6.92. The minimum Gasteiger partial charge on any atom is -0.320 e. The Morgan fingerprint density at radius 3 is 3.07 bits per heavy atom. The molecule has 0 amide bonds. The number of nitrogens with one attached hydrogen (secondary N) is 1. The van der Waals surface area contributed by atoms with Crippen molar-refractivity contribution < 1.29 is 0 Å². The van der Waals surface area contributed by atoms with Crippen LogP contribution in [0.25, 0.3) is 0 Å². The van der Waals surface area contributed by atoms with Gasteiger partial charge in [0.1, 0.15) is 0 Å². The topological polar surface area (TPSA) is 12.0 Å². The molecule has 0 heterocycles. The predicted octanol–water partition coefficient (Wildman–Crippen LogP) is 3.04. The van der Waals surface area contributed by atoms with Crippen LogP contribution in [0.4, 0.5) is 0 Å². The summed E-state index contributed by atoms with van der Waals surface area (Å²) in [6.45, 7) is 1.18. The maximum Gasteiger partial charge on any atom is -0.00517 e. The fourth-order valence-corrected chi connectivity index (χ4v) is 2.80. The number of rotatable bonds is 4. The van der Waals surface area contributed by atoms with Crippen LogP contribution in [0.3, 0.4) is 0 Å². The standard InChI is InChI=1S/C13H21N/c1-14-10-4-6-12-9-8-11-5-2-3-7-13(11)12/h2-3,12,14H,4-10H2,1H3. The van der Waals surface area contributed by atoms with Crippen molar-refractivity contribution in [3.8, 4) is 0 Å². The third kappa shape index (κ3) is 2.09. The Morgan fingerprint density at radius 2 is 2.21 bits per heavy atom. The summed E-state index contributed by atoms with van der Waals surface area (Å²) in [5.41, 5.74) is 3.56. The van der Waals surface area contributed by atoms with E-state index in [0.29, 0.717) is 0 Å². The van der Waals surface area contributed by atoms with Crippen LogP contribution in [0.2, 0.25) is 0 Å². The molecular formula is C13H21N. The van der Waals surface area contributed by atoms with Crippen molar-refractivity contribution in [2.75, 3.05) is 13.6 Å². The summed E-state index contributed by atoms with van der Waals surface area (Å²) in [7, 11) is 2.04. The van der Waals surface area contributed by atoms with E-state index in [9.17, 15) is 0 Å². The molecule has 0 aromatic heterocycles. The lowest BCUT2D eigenvalue weighted by atomic mass is 9.90. The fraction of sp³-hybridized carbons (Fsp3) is 0.692. The number of hydrogen-bond acceptors (Lipinski definition) is 1. The second-order valence-electron chi connectivity index (χ2n) is 4.49. The zero-order valence-electron chi connectivity index (χ0n) is 9.18. The highest BCUT2D eigenvalue weighted by molar-refractivity contribution is 5.30. The Balaban J connectivity index is 1.86.